The number of aromatic hydroxyl groups is 1. The topological polar surface area (TPSA) is 58.0 Å². The highest BCUT2D eigenvalue weighted by molar-refractivity contribution is 6.35. The lowest BCUT2D eigenvalue weighted by Gasteiger charge is -2.22. The van der Waals surface area contributed by atoms with Crippen LogP contribution in [0.25, 0.3) is 10.9 Å². The summed E-state index contributed by atoms with van der Waals surface area (Å²) < 4.78 is 0. The summed E-state index contributed by atoms with van der Waals surface area (Å²) in [5, 5.41) is 16.2. The summed E-state index contributed by atoms with van der Waals surface area (Å²) in [4.78, 5) is 8.53. The first-order chi connectivity index (χ1) is 13.1. The molecule has 2 heterocycles. The van der Waals surface area contributed by atoms with Gasteiger partial charge in [-0.25, -0.2) is 0 Å². The molecule has 4 rings (SSSR count). The molecule has 0 radical (unpaired) electrons. The zero-order chi connectivity index (χ0) is 18.8. The average Bonchev–Trinajstić information content (AvgIpc) is 2.67. The molecule has 0 fully saturated rings. The van der Waals surface area contributed by atoms with E-state index in [0.29, 0.717) is 21.1 Å². The Morgan fingerprint density at radius 1 is 0.926 bits per heavy atom. The van der Waals surface area contributed by atoms with E-state index in [4.69, 9.17) is 23.2 Å². The molecule has 1 atom stereocenters. The van der Waals surface area contributed by atoms with Crippen LogP contribution in [0.5, 0.6) is 5.75 Å². The minimum atomic E-state index is -0.361. The monoisotopic (exact) mass is 395 g/mol. The van der Waals surface area contributed by atoms with E-state index in [1.807, 2.05) is 36.4 Å². The van der Waals surface area contributed by atoms with Crippen LogP contribution in [-0.2, 0) is 0 Å². The first-order valence-corrected chi connectivity index (χ1v) is 9.06. The summed E-state index contributed by atoms with van der Waals surface area (Å²) in [5.74, 6) is 0.127. The number of phenols is 1. The molecule has 0 aliphatic rings. The number of nitrogens with one attached hydrogen (secondary N) is 1. The standard InChI is InChI=1S/C21H15Cl2N3O/c22-15-9-16(23)11-17(10-15)26-19(14-4-1-7-24-12-14)18-6-5-13-3-2-8-25-20(13)21(18)27/h1-12,19,26-27H. The van der Waals surface area contributed by atoms with Crippen LogP contribution in [0.1, 0.15) is 17.2 Å². The molecule has 27 heavy (non-hydrogen) atoms. The van der Waals surface area contributed by atoms with Crippen molar-refractivity contribution in [3.63, 3.8) is 0 Å². The van der Waals surface area contributed by atoms with Crippen molar-refractivity contribution in [2.45, 2.75) is 6.04 Å². The fraction of sp³-hybridized carbons (Fsp3) is 0.0476. The molecule has 2 aromatic heterocycles. The van der Waals surface area contributed by atoms with Crippen molar-refractivity contribution in [3.05, 3.63) is 94.4 Å². The molecule has 2 aromatic carbocycles. The Labute approximate surface area is 166 Å². The first-order valence-electron chi connectivity index (χ1n) is 8.31. The Morgan fingerprint density at radius 3 is 2.44 bits per heavy atom. The van der Waals surface area contributed by atoms with E-state index in [2.05, 4.69) is 15.3 Å². The van der Waals surface area contributed by atoms with Gasteiger partial charge in [0.2, 0.25) is 0 Å². The van der Waals surface area contributed by atoms with E-state index < -0.39 is 0 Å². The van der Waals surface area contributed by atoms with Crippen molar-refractivity contribution in [3.8, 4) is 5.75 Å². The molecule has 2 N–H and O–H groups in total. The van der Waals surface area contributed by atoms with Gasteiger partial charge in [-0.05, 0) is 35.9 Å². The SMILES string of the molecule is Oc1c(C(Nc2cc(Cl)cc(Cl)c2)c2cccnc2)ccc2cccnc12. The van der Waals surface area contributed by atoms with Gasteiger partial charge in [-0.1, -0.05) is 47.5 Å². The number of rotatable bonds is 4. The smallest absolute Gasteiger partial charge is 0.147 e. The maximum absolute atomic E-state index is 10.9. The number of phenolic OH excluding ortho intramolecular Hbond substituents is 1. The molecule has 0 aliphatic heterocycles. The van der Waals surface area contributed by atoms with Crippen molar-refractivity contribution in [1.29, 1.82) is 0 Å². The number of hydrogen-bond acceptors (Lipinski definition) is 4. The molecule has 134 valence electrons. The third-order valence-electron chi connectivity index (χ3n) is 4.28. The predicted molar refractivity (Wildman–Crippen MR) is 110 cm³/mol. The molecular formula is C21H15Cl2N3O. The molecule has 0 aliphatic carbocycles. The van der Waals surface area contributed by atoms with Crippen LogP contribution < -0.4 is 5.32 Å². The van der Waals surface area contributed by atoms with Gasteiger partial charge in [0.25, 0.3) is 0 Å². The van der Waals surface area contributed by atoms with Gasteiger partial charge >= 0.3 is 0 Å². The Balaban J connectivity index is 1.85. The van der Waals surface area contributed by atoms with Crippen molar-refractivity contribution >= 4 is 39.8 Å². The van der Waals surface area contributed by atoms with Crippen LogP contribution in [0, 0.1) is 0 Å². The summed E-state index contributed by atoms with van der Waals surface area (Å²) >= 11 is 12.3. The van der Waals surface area contributed by atoms with E-state index in [-0.39, 0.29) is 11.8 Å². The van der Waals surface area contributed by atoms with Crippen LogP contribution in [-0.4, -0.2) is 15.1 Å². The van der Waals surface area contributed by atoms with E-state index in [1.165, 1.54) is 0 Å². The van der Waals surface area contributed by atoms with Gasteiger partial charge < -0.3 is 10.4 Å². The molecule has 6 heteroatoms. The molecule has 4 aromatic rings. The van der Waals surface area contributed by atoms with Gasteiger partial charge in [-0.3, -0.25) is 9.97 Å². The van der Waals surface area contributed by atoms with Crippen LogP contribution >= 0.6 is 23.2 Å². The van der Waals surface area contributed by atoms with Gasteiger partial charge in [0.15, 0.2) is 0 Å². The molecule has 0 spiro atoms. The fourth-order valence-electron chi connectivity index (χ4n) is 3.07. The summed E-state index contributed by atoms with van der Waals surface area (Å²) in [6, 6.07) is 16.2. The maximum atomic E-state index is 10.9. The molecule has 0 saturated heterocycles. The van der Waals surface area contributed by atoms with Gasteiger partial charge in [0.05, 0.1) is 6.04 Å². The van der Waals surface area contributed by atoms with Crippen LogP contribution in [0.4, 0.5) is 5.69 Å². The highest BCUT2D eigenvalue weighted by Crippen LogP contribution is 2.37. The number of pyridine rings is 2. The zero-order valence-electron chi connectivity index (χ0n) is 14.1. The lowest BCUT2D eigenvalue weighted by molar-refractivity contribution is 0.471. The molecule has 1 unspecified atom stereocenters. The van der Waals surface area contributed by atoms with Crippen LogP contribution in [0.2, 0.25) is 10.0 Å². The third kappa shape index (κ3) is 3.68. The molecule has 0 saturated carbocycles. The highest BCUT2D eigenvalue weighted by atomic mass is 35.5. The third-order valence-corrected chi connectivity index (χ3v) is 4.72. The summed E-state index contributed by atoms with van der Waals surface area (Å²) in [6.07, 6.45) is 5.12. The number of anilines is 1. The quantitative estimate of drug-likeness (QED) is 0.455. The van der Waals surface area contributed by atoms with Crippen molar-refractivity contribution in [2.75, 3.05) is 5.32 Å². The van der Waals surface area contributed by atoms with Gasteiger partial charge in [-0.2, -0.15) is 0 Å². The van der Waals surface area contributed by atoms with Crippen molar-refractivity contribution in [1.82, 2.24) is 9.97 Å². The Bertz CT molecular complexity index is 1080. The number of aromatic nitrogens is 2. The van der Waals surface area contributed by atoms with Gasteiger partial charge in [0, 0.05) is 45.3 Å². The fourth-order valence-corrected chi connectivity index (χ4v) is 3.60. The maximum Gasteiger partial charge on any atom is 0.147 e. The number of halogens is 2. The second-order valence-corrected chi connectivity index (χ2v) is 6.97. The van der Waals surface area contributed by atoms with E-state index in [1.54, 1.807) is 36.8 Å². The normalized spacial score (nSPS) is 12.1. The Hall–Kier alpha value is -2.82. The van der Waals surface area contributed by atoms with Gasteiger partial charge in [-0.15, -0.1) is 0 Å². The molecular weight excluding hydrogens is 381 g/mol. The summed E-state index contributed by atoms with van der Waals surface area (Å²) in [7, 11) is 0. The summed E-state index contributed by atoms with van der Waals surface area (Å²) in [6.45, 7) is 0. The van der Waals surface area contributed by atoms with E-state index in [9.17, 15) is 5.11 Å². The second kappa shape index (κ2) is 7.43. The van der Waals surface area contributed by atoms with E-state index >= 15 is 0 Å². The molecule has 4 nitrogen and oxygen atoms in total. The van der Waals surface area contributed by atoms with Crippen molar-refractivity contribution in [2.24, 2.45) is 0 Å². The highest BCUT2D eigenvalue weighted by Gasteiger charge is 2.20. The second-order valence-electron chi connectivity index (χ2n) is 6.10. The first kappa shape index (κ1) is 17.6. The van der Waals surface area contributed by atoms with Crippen LogP contribution in [0.15, 0.2) is 73.2 Å². The van der Waals surface area contributed by atoms with Gasteiger partial charge in [0.1, 0.15) is 11.3 Å². The summed E-state index contributed by atoms with van der Waals surface area (Å²) in [5.41, 5.74) is 2.86. The molecule has 0 bridgehead atoms. The number of fused-ring (bicyclic) bond motifs is 1. The zero-order valence-corrected chi connectivity index (χ0v) is 15.6. The Kier molecular flexibility index (Phi) is 4.84. The predicted octanol–water partition coefficient (Wildman–Crippen LogP) is 5.84. The minimum absolute atomic E-state index is 0.127. The van der Waals surface area contributed by atoms with Crippen molar-refractivity contribution < 1.29 is 5.11 Å². The average molecular weight is 396 g/mol. The minimum Gasteiger partial charge on any atom is -0.505 e. The number of benzene rings is 2. The molecule has 0 amide bonds. The largest absolute Gasteiger partial charge is 0.505 e. The van der Waals surface area contributed by atoms with E-state index in [0.717, 1.165) is 16.6 Å². The lowest BCUT2D eigenvalue weighted by atomic mass is 9.97. The number of nitrogens with zero attached hydrogens (tertiary/aromatic N) is 2. The van der Waals surface area contributed by atoms with Crippen LogP contribution in [0.3, 0.4) is 0 Å². The Morgan fingerprint density at radius 2 is 1.70 bits per heavy atom. The lowest BCUT2D eigenvalue weighted by Crippen LogP contribution is -2.13. The number of hydrogen-bond donors (Lipinski definition) is 2.